The first-order valence-corrected chi connectivity index (χ1v) is 6.30. The Kier molecular flexibility index (Phi) is 5.04. The molecular weight excluding hydrogens is 339 g/mol. The smallest absolute Gasteiger partial charge is 0.194 e. The van der Waals surface area contributed by atoms with Gasteiger partial charge in [-0.2, -0.15) is 39.5 Å². The first-order valence-electron chi connectivity index (χ1n) is 6.30. The minimum Gasteiger partial charge on any atom is -0.194 e. The maximum Gasteiger partial charge on any atom is 0.460 e. The average molecular weight is 351 g/mol. The van der Waals surface area contributed by atoms with Crippen LogP contribution in [0, 0.1) is 12.3 Å². The predicted octanol–water partition coefficient (Wildman–Crippen LogP) is 5.82. The van der Waals surface area contributed by atoms with Gasteiger partial charge in [0.1, 0.15) is 0 Å². The zero-order chi connectivity index (χ0) is 18.3. The lowest BCUT2D eigenvalue weighted by molar-refractivity contribution is -0.399. The van der Waals surface area contributed by atoms with Crippen molar-refractivity contribution in [1.82, 2.24) is 0 Å². The predicted molar refractivity (Wildman–Crippen MR) is 64.5 cm³/mol. The second-order valence-electron chi connectivity index (χ2n) is 5.26. The number of benzene rings is 1. The molecule has 0 saturated heterocycles. The molecule has 0 atom stereocenters. The van der Waals surface area contributed by atoms with Gasteiger partial charge in [-0.05, 0) is 24.0 Å². The summed E-state index contributed by atoms with van der Waals surface area (Å²) in [6.07, 6.45) is -5.46. The molecule has 0 spiro atoms. The number of alkyl halides is 9. The van der Waals surface area contributed by atoms with E-state index in [1.165, 1.54) is 12.5 Å². The summed E-state index contributed by atoms with van der Waals surface area (Å²) in [7, 11) is 0. The van der Waals surface area contributed by atoms with Gasteiger partial charge in [0.05, 0.1) is 0 Å². The highest BCUT2D eigenvalue weighted by Crippen LogP contribution is 2.56. The number of rotatable bonds is 5. The molecule has 0 saturated carbocycles. The van der Waals surface area contributed by atoms with Crippen molar-refractivity contribution < 1.29 is 39.5 Å². The second-order valence-corrected chi connectivity index (χ2v) is 5.26. The van der Waals surface area contributed by atoms with Crippen molar-refractivity contribution in [2.24, 2.45) is 5.92 Å². The van der Waals surface area contributed by atoms with E-state index in [1.807, 2.05) is 0 Å². The van der Waals surface area contributed by atoms with Crippen LogP contribution in [0.3, 0.4) is 0 Å². The lowest BCUT2D eigenvalue weighted by atomic mass is 9.93. The monoisotopic (exact) mass is 351 g/mol. The van der Waals surface area contributed by atoms with Gasteiger partial charge in [0, 0.05) is 5.56 Å². The average Bonchev–Trinajstić information content (AvgIpc) is 2.36. The van der Waals surface area contributed by atoms with Gasteiger partial charge in [-0.25, -0.2) is 0 Å². The summed E-state index contributed by atoms with van der Waals surface area (Å²) >= 11 is 0. The number of halogens is 9. The van der Waals surface area contributed by atoms with Crippen LogP contribution in [0.5, 0.6) is 0 Å². The summed E-state index contributed by atoms with van der Waals surface area (Å²) < 4.78 is 116. The molecular formula is C14H12F9. The fourth-order valence-electron chi connectivity index (χ4n) is 1.78. The van der Waals surface area contributed by atoms with E-state index in [2.05, 4.69) is 0 Å². The van der Waals surface area contributed by atoms with Gasteiger partial charge in [0.15, 0.2) is 0 Å². The fourth-order valence-corrected chi connectivity index (χ4v) is 1.78. The molecule has 0 aliphatic heterocycles. The van der Waals surface area contributed by atoms with Gasteiger partial charge < -0.3 is 0 Å². The van der Waals surface area contributed by atoms with Crippen LogP contribution in [0.25, 0.3) is 0 Å². The Morgan fingerprint density at radius 1 is 0.826 bits per heavy atom. The summed E-state index contributed by atoms with van der Waals surface area (Å²) in [6, 6.07) is 2.94. The van der Waals surface area contributed by atoms with Crippen molar-refractivity contribution in [2.75, 3.05) is 0 Å². The Labute approximate surface area is 126 Å². The molecule has 0 fully saturated rings. The Morgan fingerprint density at radius 3 is 1.78 bits per heavy atom. The molecule has 0 unspecified atom stereocenters. The lowest BCUT2D eigenvalue weighted by Gasteiger charge is -2.34. The molecule has 0 heterocycles. The topological polar surface area (TPSA) is 0 Å². The van der Waals surface area contributed by atoms with E-state index in [4.69, 9.17) is 0 Å². The standard InChI is InChI=1S/C14H12F9/c1-8(2)6-9-4-3-5-10(7-9)11(15,16)12(17,18)13(19,20)14(21,22)23/h3-8H,1-2H3. The second kappa shape index (κ2) is 5.90. The van der Waals surface area contributed by atoms with Crippen LogP contribution in [0.2, 0.25) is 0 Å². The quantitative estimate of drug-likeness (QED) is 0.587. The molecule has 0 aliphatic carbocycles. The van der Waals surface area contributed by atoms with Gasteiger partial charge in [0.25, 0.3) is 0 Å². The zero-order valence-corrected chi connectivity index (χ0v) is 11.9. The van der Waals surface area contributed by atoms with Crippen molar-refractivity contribution >= 4 is 0 Å². The maximum atomic E-state index is 13.7. The van der Waals surface area contributed by atoms with Crippen LogP contribution in [0.4, 0.5) is 39.5 Å². The molecule has 1 aromatic carbocycles. The third kappa shape index (κ3) is 3.42. The molecule has 1 rings (SSSR count). The maximum absolute atomic E-state index is 13.7. The Bertz CT molecular complexity index is 543. The lowest BCUT2D eigenvalue weighted by Crippen LogP contribution is -2.59. The summed E-state index contributed by atoms with van der Waals surface area (Å²) in [5.74, 6) is -19.4. The molecule has 131 valence electrons. The largest absolute Gasteiger partial charge is 0.460 e. The van der Waals surface area contributed by atoms with Crippen LogP contribution in [0.15, 0.2) is 24.3 Å². The Hall–Kier alpha value is -1.41. The highest BCUT2D eigenvalue weighted by atomic mass is 19.4. The van der Waals surface area contributed by atoms with Crippen LogP contribution < -0.4 is 0 Å². The third-order valence-electron chi connectivity index (χ3n) is 2.92. The summed E-state index contributed by atoms with van der Waals surface area (Å²) in [5, 5.41) is 0. The first-order chi connectivity index (χ1) is 10.1. The van der Waals surface area contributed by atoms with E-state index in [9.17, 15) is 39.5 Å². The Morgan fingerprint density at radius 2 is 1.35 bits per heavy atom. The Balaban J connectivity index is 3.34. The third-order valence-corrected chi connectivity index (χ3v) is 2.92. The van der Waals surface area contributed by atoms with E-state index >= 15 is 0 Å². The molecule has 0 N–H and O–H groups in total. The van der Waals surface area contributed by atoms with Gasteiger partial charge in [-0.1, -0.05) is 32.0 Å². The molecule has 0 amide bonds. The van der Waals surface area contributed by atoms with Crippen molar-refractivity contribution in [3.05, 3.63) is 41.8 Å². The van der Waals surface area contributed by atoms with Gasteiger partial charge in [-0.15, -0.1) is 0 Å². The summed E-state index contributed by atoms with van der Waals surface area (Å²) in [6.45, 7) is 3.27. The normalized spacial score (nSPS) is 14.4. The number of hydrogen-bond acceptors (Lipinski definition) is 0. The summed E-state index contributed by atoms with van der Waals surface area (Å²) in [4.78, 5) is 0. The highest BCUT2D eigenvalue weighted by Gasteiger charge is 2.81. The van der Waals surface area contributed by atoms with E-state index < -0.39 is 29.5 Å². The highest BCUT2D eigenvalue weighted by molar-refractivity contribution is 5.33. The van der Waals surface area contributed by atoms with Gasteiger partial charge in [0.2, 0.25) is 0 Å². The number of hydrogen-bond donors (Lipinski definition) is 0. The van der Waals surface area contributed by atoms with E-state index in [0.717, 1.165) is 6.07 Å². The first kappa shape index (κ1) is 19.6. The van der Waals surface area contributed by atoms with Crippen LogP contribution >= 0.6 is 0 Å². The molecule has 0 aromatic heterocycles. The van der Waals surface area contributed by atoms with Crippen molar-refractivity contribution in [1.29, 1.82) is 0 Å². The zero-order valence-electron chi connectivity index (χ0n) is 11.9. The molecule has 0 bridgehead atoms. The molecule has 1 radical (unpaired) electrons. The van der Waals surface area contributed by atoms with Crippen LogP contribution in [0.1, 0.15) is 25.0 Å². The van der Waals surface area contributed by atoms with E-state index in [-0.39, 0.29) is 11.5 Å². The summed E-state index contributed by atoms with van der Waals surface area (Å²) in [5.41, 5.74) is -1.62. The van der Waals surface area contributed by atoms with E-state index in [1.54, 1.807) is 13.8 Å². The minimum absolute atomic E-state index is 0.00306. The van der Waals surface area contributed by atoms with Gasteiger partial charge >= 0.3 is 23.9 Å². The fraction of sp³-hybridized carbons (Fsp3) is 0.500. The van der Waals surface area contributed by atoms with Gasteiger partial charge in [-0.3, -0.25) is 0 Å². The van der Waals surface area contributed by atoms with Crippen molar-refractivity contribution in [3.63, 3.8) is 0 Å². The SMILES string of the molecule is CC(C)[CH]c1cccc(C(F)(F)C(F)(F)C(F)(F)C(F)(F)F)c1. The molecule has 23 heavy (non-hydrogen) atoms. The van der Waals surface area contributed by atoms with Crippen LogP contribution in [-0.4, -0.2) is 18.0 Å². The molecule has 0 nitrogen and oxygen atoms in total. The molecule has 0 aliphatic rings. The minimum atomic E-state index is -6.89. The van der Waals surface area contributed by atoms with Crippen LogP contribution in [-0.2, 0) is 5.92 Å². The molecule has 9 heteroatoms. The van der Waals surface area contributed by atoms with E-state index in [0.29, 0.717) is 12.1 Å². The molecule has 1 aromatic rings. The van der Waals surface area contributed by atoms with Crippen molar-refractivity contribution in [3.8, 4) is 0 Å². The van der Waals surface area contributed by atoms with Crippen molar-refractivity contribution in [2.45, 2.75) is 37.8 Å².